The van der Waals surface area contributed by atoms with Crippen LogP contribution < -0.4 is 9.47 Å². The van der Waals surface area contributed by atoms with Crippen molar-refractivity contribution in [1.29, 1.82) is 0 Å². The lowest BCUT2D eigenvalue weighted by Gasteiger charge is -2.28. The Balaban J connectivity index is 2.44. The molecule has 0 unspecified atom stereocenters. The summed E-state index contributed by atoms with van der Waals surface area (Å²) in [6, 6.07) is 2.52. The summed E-state index contributed by atoms with van der Waals surface area (Å²) >= 11 is 0. The molecule has 0 aliphatic carbocycles. The van der Waals surface area contributed by atoms with Crippen molar-refractivity contribution in [3.8, 4) is 11.5 Å². The Bertz CT molecular complexity index is 662. The first-order chi connectivity index (χ1) is 11.0. The molecular formula is C14H10F6O4. The smallest absolute Gasteiger partial charge is 0.475 e. The zero-order valence-corrected chi connectivity index (χ0v) is 12.0. The van der Waals surface area contributed by atoms with E-state index in [-0.39, 0.29) is 17.9 Å². The van der Waals surface area contributed by atoms with E-state index in [9.17, 15) is 31.1 Å². The third kappa shape index (κ3) is 4.12. The van der Waals surface area contributed by atoms with E-state index in [2.05, 4.69) is 9.47 Å². The van der Waals surface area contributed by atoms with E-state index in [0.29, 0.717) is 0 Å². The van der Waals surface area contributed by atoms with E-state index in [1.54, 1.807) is 0 Å². The van der Waals surface area contributed by atoms with Gasteiger partial charge in [-0.1, -0.05) is 0 Å². The SMILES string of the molecule is CCOC(=O)C1=Cc2cc(OC(F)(F)F)ccc2O[C@@H]1C(F)(F)F. The first-order valence-electron chi connectivity index (χ1n) is 6.53. The molecule has 1 heterocycles. The standard InChI is InChI=1S/C14H10F6O4/c1-2-22-12(21)9-6-7-5-8(24-14(18,19)20)3-4-10(7)23-11(9)13(15,16)17/h3-6,11H,2H2,1H3/t11-/m0/s1. The second-order valence-corrected chi connectivity index (χ2v) is 4.61. The molecule has 4 nitrogen and oxygen atoms in total. The van der Waals surface area contributed by atoms with E-state index in [4.69, 9.17) is 4.74 Å². The molecule has 2 rings (SSSR count). The van der Waals surface area contributed by atoms with Crippen molar-refractivity contribution in [2.24, 2.45) is 0 Å². The summed E-state index contributed by atoms with van der Waals surface area (Å²) in [7, 11) is 0. The van der Waals surface area contributed by atoms with E-state index in [1.807, 2.05) is 0 Å². The van der Waals surface area contributed by atoms with Crippen molar-refractivity contribution in [3.05, 3.63) is 29.3 Å². The van der Waals surface area contributed by atoms with E-state index < -0.39 is 35.9 Å². The Morgan fingerprint density at radius 1 is 1.21 bits per heavy atom. The number of alkyl halides is 6. The van der Waals surface area contributed by atoms with Crippen molar-refractivity contribution < 1.29 is 45.3 Å². The number of carbonyl (C=O) groups is 1. The Morgan fingerprint density at radius 2 is 1.88 bits per heavy atom. The van der Waals surface area contributed by atoms with Gasteiger partial charge in [0.2, 0.25) is 6.10 Å². The molecule has 0 spiro atoms. The zero-order chi connectivity index (χ0) is 18.1. The predicted molar refractivity (Wildman–Crippen MR) is 68.2 cm³/mol. The van der Waals surface area contributed by atoms with Gasteiger partial charge in [0.25, 0.3) is 0 Å². The summed E-state index contributed by atoms with van der Waals surface area (Å²) in [5.41, 5.74) is -1.03. The molecule has 0 amide bonds. The number of fused-ring (bicyclic) bond motifs is 1. The van der Waals surface area contributed by atoms with Gasteiger partial charge in [0.05, 0.1) is 12.2 Å². The van der Waals surface area contributed by atoms with Gasteiger partial charge >= 0.3 is 18.5 Å². The highest BCUT2D eigenvalue weighted by Gasteiger charge is 2.48. The molecule has 0 saturated heterocycles. The van der Waals surface area contributed by atoms with Crippen LogP contribution in [0, 0.1) is 0 Å². The summed E-state index contributed by atoms with van der Waals surface area (Å²) in [5.74, 6) is -2.26. The number of ether oxygens (including phenoxy) is 3. The molecule has 1 aliphatic heterocycles. The van der Waals surface area contributed by atoms with Crippen LogP contribution in [-0.4, -0.2) is 31.2 Å². The van der Waals surface area contributed by atoms with Crippen LogP contribution in [0.5, 0.6) is 11.5 Å². The normalized spacial score (nSPS) is 17.5. The summed E-state index contributed by atoms with van der Waals surface area (Å²) in [6.45, 7) is 1.22. The maximum Gasteiger partial charge on any atom is 0.573 e. The molecule has 0 fully saturated rings. The molecular weight excluding hydrogens is 346 g/mol. The first-order valence-corrected chi connectivity index (χ1v) is 6.53. The molecule has 0 N–H and O–H groups in total. The van der Waals surface area contributed by atoms with Crippen molar-refractivity contribution in [2.75, 3.05) is 6.61 Å². The van der Waals surface area contributed by atoms with Crippen LogP contribution in [0.1, 0.15) is 12.5 Å². The Hall–Kier alpha value is -2.39. The second-order valence-electron chi connectivity index (χ2n) is 4.61. The van der Waals surface area contributed by atoms with Gasteiger partial charge in [0.1, 0.15) is 11.5 Å². The van der Waals surface area contributed by atoms with Crippen molar-refractivity contribution >= 4 is 12.0 Å². The largest absolute Gasteiger partial charge is 0.573 e. The number of hydrogen-bond acceptors (Lipinski definition) is 4. The number of esters is 1. The Labute approximate surface area is 131 Å². The molecule has 1 aromatic rings. The fourth-order valence-corrected chi connectivity index (χ4v) is 2.00. The molecule has 1 aromatic carbocycles. The van der Waals surface area contributed by atoms with Gasteiger partial charge in [-0.3, -0.25) is 0 Å². The molecule has 1 atom stereocenters. The molecule has 10 heteroatoms. The van der Waals surface area contributed by atoms with Gasteiger partial charge in [-0.05, 0) is 31.2 Å². The number of halogens is 6. The molecule has 0 aromatic heterocycles. The van der Waals surface area contributed by atoms with E-state index in [1.165, 1.54) is 6.92 Å². The minimum atomic E-state index is -4.97. The summed E-state index contributed by atoms with van der Waals surface area (Å²) in [6.07, 6.45) is -11.7. The fraction of sp³-hybridized carbons (Fsp3) is 0.357. The Morgan fingerprint density at radius 3 is 2.42 bits per heavy atom. The number of rotatable bonds is 3. The third-order valence-corrected chi connectivity index (χ3v) is 2.86. The first kappa shape index (κ1) is 18.0. The summed E-state index contributed by atoms with van der Waals surface area (Å²) in [5, 5.41) is 0. The monoisotopic (exact) mass is 356 g/mol. The topological polar surface area (TPSA) is 44.8 Å². The van der Waals surface area contributed by atoms with Gasteiger partial charge in [0, 0.05) is 5.56 Å². The minimum Gasteiger partial charge on any atom is -0.475 e. The van der Waals surface area contributed by atoms with Crippen LogP contribution in [0.4, 0.5) is 26.3 Å². The van der Waals surface area contributed by atoms with Gasteiger partial charge in [0.15, 0.2) is 0 Å². The average molecular weight is 356 g/mol. The Kier molecular flexibility index (Phi) is 4.68. The summed E-state index contributed by atoms with van der Waals surface area (Å²) < 4.78 is 88.7. The van der Waals surface area contributed by atoms with E-state index >= 15 is 0 Å². The highest BCUT2D eigenvalue weighted by Crippen LogP contribution is 2.39. The molecule has 1 aliphatic rings. The lowest BCUT2D eigenvalue weighted by Crippen LogP contribution is -2.40. The lowest BCUT2D eigenvalue weighted by atomic mass is 10.0. The van der Waals surface area contributed by atoms with E-state index in [0.717, 1.165) is 24.3 Å². The quantitative estimate of drug-likeness (QED) is 0.610. The highest BCUT2D eigenvalue weighted by atomic mass is 19.4. The van der Waals surface area contributed by atoms with Gasteiger partial charge in [-0.2, -0.15) is 13.2 Å². The number of hydrogen-bond donors (Lipinski definition) is 0. The van der Waals surface area contributed by atoms with Crippen LogP contribution in [0.2, 0.25) is 0 Å². The van der Waals surface area contributed by atoms with Gasteiger partial charge < -0.3 is 14.2 Å². The molecule has 0 bridgehead atoms. The summed E-state index contributed by atoms with van der Waals surface area (Å²) in [4.78, 5) is 11.7. The highest BCUT2D eigenvalue weighted by molar-refractivity contribution is 5.96. The average Bonchev–Trinajstić information content (AvgIpc) is 2.43. The van der Waals surface area contributed by atoms with Crippen LogP contribution in [0.15, 0.2) is 23.8 Å². The van der Waals surface area contributed by atoms with Crippen molar-refractivity contribution in [1.82, 2.24) is 0 Å². The third-order valence-electron chi connectivity index (χ3n) is 2.86. The molecule has 0 saturated carbocycles. The van der Waals surface area contributed by atoms with Crippen LogP contribution in [0.25, 0.3) is 6.08 Å². The van der Waals surface area contributed by atoms with Crippen molar-refractivity contribution in [3.63, 3.8) is 0 Å². The predicted octanol–water partition coefficient (Wildman–Crippen LogP) is 3.86. The second kappa shape index (κ2) is 6.25. The van der Waals surface area contributed by atoms with Gasteiger partial charge in [-0.25, -0.2) is 4.79 Å². The zero-order valence-electron chi connectivity index (χ0n) is 12.0. The minimum absolute atomic E-state index is 0.166. The number of carbonyl (C=O) groups excluding carboxylic acids is 1. The maximum absolute atomic E-state index is 13.0. The van der Waals surface area contributed by atoms with Crippen molar-refractivity contribution in [2.45, 2.75) is 25.6 Å². The van der Waals surface area contributed by atoms with Crippen LogP contribution in [0.3, 0.4) is 0 Å². The molecule has 132 valence electrons. The van der Waals surface area contributed by atoms with Gasteiger partial charge in [-0.15, -0.1) is 13.2 Å². The fourth-order valence-electron chi connectivity index (χ4n) is 2.00. The van der Waals surface area contributed by atoms with Crippen LogP contribution in [-0.2, 0) is 9.53 Å². The molecule has 24 heavy (non-hydrogen) atoms. The lowest BCUT2D eigenvalue weighted by molar-refractivity contribution is -0.274. The number of benzene rings is 1. The molecule has 0 radical (unpaired) electrons. The maximum atomic E-state index is 13.0. The van der Waals surface area contributed by atoms with Crippen LogP contribution >= 0.6 is 0 Å².